The number of hydrogen-bond donors (Lipinski definition) is 1. The Morgan fingerprint density at radius 3 is 2.67 bits per heavy atom. The van der Waals surface area contributed by atoms with Gasteiger partial charge in [0.25, 0.3) is 5.91 Å². The Labute approximate surface area is 109 Å². The molecule has 98 valence electrons. The zero-order valence-corrected chi connectivity index (χ0v) is 11.1. The van der Waals surface area contributed by atoms with Gasteiger partial charge in [0, 0.05) is 6.54 Å². The third kappa shape index (κ3) is 2.54. The summed E-state index contributed by atoms with van der Waals surface area (Å²) in [4.78, 5) is 25.5. The lowest BCUT2D eigenvalue weighted by Crippen LogP contribution is -2.50. The summed E-state index contributed by atoms with van der Waals surface area (Å²) in [5.74, 6) is -1.11. The quantitative estimate of drug-likeness (QED) is 0.887. The van der Waals surface area contributed by atoms with E-state index in [-0.39, 0.29) is 22.9 Å². The molecule has 2 unspecified atom stereocenters. The highest BCUT2D eigenvalue weighted by molar-refractivity contribution is 7.15. The summed E-state index contributed by atoms with van der Waals surface area (Å²) in [6.45, 7) is 4.91. The van der Waals surface area contributed by atoms with E-state index < -0.39 is 5.97 Å². The predicted molar refractivity (Wildman–Crippen MR) is 67.2 cm³/mol. The van der Waals surface area contributed by atoms with E-state index in [0.717, 1.165) is 11.3 Å². The molecule has 0 spiro atoms. The van der Waals surface area contributed by atoms with Crippen molar-refractivity contribution in [1.29, 1.82) is 0 Å². The molecule has 2 atom stereocenters. The van der Waals surface area contributed by atoms with Crippen LogP contribution in [0.2, 0.25) is 0 Å². The second-order valence-electron chi connectivity index (χ2n) is 4.42. The number of aromatic carboxylic acids is 1. The fourth-order valence-electron chi connectivity index (χ4n) is 1.90. The second kappa shape index (κ2) is 5.07. The molecule has 2 rings (SSSR count). The number of nitrogens with zero attached hydrogens (tertiary/aromatic N) is 1. The Morgan fingerprint density at radius 2 is 2.06 bits per heavy atom. The first-order valence-corrected chi connectivity index (χ1v) is 6.56. The average molecular weight is 269 g/mol. The molecule has 1 saturated heterocycles. The van der Waals surface area contributed by atoms with Crippen LogP contribution < -0.4 is 0 Å². The summed E-state index contributed by atoms with van der Waals surface area (Å²) in [5.41, 5.74) is 0. The highest BCUT2D eigenvalue weighted by atomic mass is 32.1. The summed E-state index contributed by atoms with van der Waals surface area (Å²) < 4.78 is 5.47. The van der Waals surface area contributed by atoms with Gasteiger partial charge in [0.1, 0.15) is 4.88 Å². The van der Waals surface area contributed by atoms with Gasteiger partial charge in [-0.1, -0.05) is 0 Å². The number of ether oxygens (including phenoxy) is 1. The minimum absolute atomic E-state index is 0.0176. The smallest absolute Gasteiger partial charge is 0.345 e. The van der Waals surface area contributed by atoms with Crippen LogP contribution in [0.3, 0.4) is 0 Å². The van der Waals surface area contributed by atoms with Crippen molar-refractivity contribution in [2.75, 3.05) is 13.2 Å². The molecule has 1 fully saturated rings. The highest BCUT2D eigenvalue weighted by Crippen LogP contribution is 2.21. The second-order valence-corrected chi connectivity index (χ2v) is 5.50. The van der Waals surface area contributed by atoms with Crippen LogP contribution in [0.15, 0.2) is 12.1 Å². The Kier molecular flexibility index (Phi) is 3.68. The molecule has 1 N–H and O–H groups in total. The maximum Gasteiger partial charge on any atom is 0.345 e. The van der Waals surface area contributed by atoms with Gasteiger partial charge < -0.3 is 14.7 Å². The first kappa shape index (κ1) is 13.0. The molecule has 1 aromatic rings. The molecule has 1 aromatic heterocycles. The lowest BCUT2D eigenvalue weighted by atomic mass is 10.2. The standard InChI is InChI=1S/C12H15NO4S/c1-7-6-17-8(2)5-13(7)11(14)9-3-4-10(18-9)12(15)16/h3-4,7-8H,5-6H2,1-2H3,(H,15,16). The first-order chi connectivity index (χ1) is 8.49. The monoisotopic (exact) mass is 269 g/mol. The third-order valence-corrected chi connectivity index (χ3v) is 3.96. The molecule has 2 heterocycles. The SMILES string of the molecule is CC1CN(C(=O)c2ccc(C(=O)O)s2)C(C)CO1. The number of rotatable bonds is 2. The van der Waals surface area contributed by atoms with Crippen LogP contribution in [0, 0.1) is 0 Å². The number of carbonyl (C=O) groups is 2. The van der Waals surface area contributed by atoms with Gasteiger partial charge >= 0.3 is 5.97 Å². The molecule has 1 amide bonds. The normalized spacial score (nSPS) is 24.0. The third-order valence-electron chi connectivity index (χ3n) is 2.90. The van der Waals surface area contributed by atoms with Crippen molar-refractivity contribution in [2.24, 2.45) is 0 Å². The van der Waals surface area contributed by atoms with Gasteiger partial charge in [-0.25, -0.2) is 4.79 Å². The van der Waals surface area contributed by atoms with Gasteiger partial charge in [0.15, 0.2) is 0 Å². The number of morpholine rings is 1. The fraction of sp³-hybridized carbons (Fsp3) is 0.500. The van der Waals surface area contributed by atoms with Crippen molar-refractivity contribution in [1.82, 2.24) is 4.90 Å². The summed E-state index contributed by atoms with van der Waals surface area (Å²) in [6.07, 6.45) is 0.0176. The number of carboxylic acid groups (broad SMARTS) is 1. The number of carbonyl (C=O) groups excluding carboxylic acids is 1. The van der Waals surface area contributed by atoms with Gasteiger partial charge in [-0.05, 0) is 26.0 Å². The molecule has 0 aromatic carbocycles. The van der Waals surface area contributed by atoms with Crippen LogP contribution in [-0.2, 0) is 4.74 Å². The Bertz CT molecular complexity index is 470. The average Bonchev–Trinajstić information content (AvgIpc) is 2.81. The molecule has 0 bridgehead atoms. The topological polar surface area (TPSA) is 66.8 Å². The van der Waals surface area contributed by atoms with E-state index in [1.165, 1.54) is 6.07 Å². The lowest BCUT2D eigenvalue weighted by molar-refractivity contribution is -0.0385. The van der Waals surface area contributed by atoms with E-state index >= 15 is 0 Å². The van der Waals surface area contributed by atoms with Crippen LogP contribution in [-0.4, -0.2) is 47.2 Å². The Morgan fingerprint density at radius 1 is 1.39 bits per heavy atom. The molecule has 1 aliphatic rings. The Hall–Kier alpha value is -1.40. The zero-order chi connectivity index (χ0) is 13.3. The largest absolute Gasteiger partial charge is 0.477 e. The van der Waals surface area contributed by atoms with Gasteiger partial charge in [-0.15, -0.1) is 11.3 Å². The van der Waals surface area contributed by atoms with E-state index in [4.69, 9.17) is 9.84 Å². The van der Waals surface area contributed by atoms with E-state index in [2.05, 4.69) is 0 Å². The zero-order valence-electron chi connectivity index (χ0n) is 10.3. The molecule has 1 aliphatic heterocycles. The molecular formula is C12H15NO4S. The number of carboxylic acids is 1. The van der Waals surface area contributed by atoms with Crippen molar-refractivity contribution >= 4 is 23.2 Å². The molecule has 0 radical (unpaired) electrons. The van der Waals surface area contributed by atoms with Crippen LogP contribution in [0.4, 0.5) is 0 Å². The molecule has 0 saturated carbocycles. The fourth-order valence-corrected chi connectivity index (χ4v) is 2.70. The molecular weight excluding hydrogens is 254 g/mol. The van der Waals surface area contributed by atoms with Crippen molar-refractivity contribution in [3.8, 4) is 0 Å². The minimum Gasteiger partial charge on any atom is -0.477 e. The number of hydrogen-bond acceptors (Lipinski definition) is 4. The van der Waals surface area contributed by atoms with Crippen molar-refractivity contribution in [3.05, 3.63) is 21.9 Å². The molecule has 0 aliphatic carbocycles. The van der Waals surface area contributed by atoms with Gasteiger partial charge in [0.2, 0.25) is 0 Å². The molecule has 5 nitrogen and oxygen atoms in total. The van der Waals surface area contributed by atoms with Crippen molar-refractivity contribution in [2.45, 2.75) is 26.0 Å². The van der Waals surface area contributed by atoms with Gasteiger partial charge in [-0.2, -0.15) is 0 Å². The van der Waals surface area contributed by atoms with E-state index in [1.807, 2.05) is 13.8 Å². The highest BCUT2D eigenvalue weighted by Gasteiger charge is 2.29. The maximum atomic E-state index is 12.3. The summed E-state index contributed by atoms with van der Waals surface area (Å²) >= 11 is 1.01. The van der Waals surface area contributed by atoms with Crippen molar-refractivity contribution < 1.29 is 19.4 Å². The van der Waals surface area contributed by atoms with Crippen LogP contribution in [0.25, 0.3) is 0 Å². The first-order valence-electron chi connectivity index (χ1n) is 5.74. The summed E-state index contributed by atoms with van der Waals surface area (Å²) in [6, 6.07) is 3.06. The number of thiophene rings is 1. The Balaban J connectivity index is 2.16. The van der Waals surface area contributed by atoms with Crippen LogP contribution in [0.5, 0.6) is 0 Å². The van der Waals surface area contributed by atoms with Crippen molar-refractivity contribution in [3.63, 3.8) is 0 Å². The lowest BCUT2D eigenvalue weighted by Gasteiger charge is -2.36. The van der Waals surface area contributed by atoms with Gasteiger partial charge in [-0.3, -0.25) is 4.79 Å². The maximum absolute atomic E-state index is 12.3. The minimum atomic E-state index is -0.998. The van der Waals surface area contributed by atoms with Gasteiger partial charge in [0.05, 0.1) is 23.6 Å². The molecule has 6 heteroatoms. The van der Waals surface area contributed by atoms with E-state index in [0.29, 0.717) is 18.0 Å². The van der Waals surface area contributed by atoms with Crippen LogP contribution in [0.1, 0.15) is 33.2 Å². The van der Waals surface area contributed by atoms with E-state index in [9.17, 15) is 9.59 Å². The molecule has 18 heavy (non-hydrogen) atoms. The predicted octanol–water partition coefficient (Wildman–Crippen LogP) is 1.70. The summed E-state index contributed by atoms with van der Waals surface area (Å²) in [7, 11) is 0. The van der Waals surface area contributed by atoms with E-state index in [1.54, 1.807) is 11.0 Å². The number of amides is 1. The summed E-state index contributed by atoms with van der Waals surface area (Å²) in [5, 5.41) is 8.85. The van der Waals surface area contributed by atoms with Crippen LogP contribution >= 0.6 is 11.3 Å².